The second kappa shape index (κ2) is 5.54. The zero-order valence-electron chi connectivity index (χ0n) is 11.1. The molecule has 0 spiro atoms. The van der Waals surface area contributed by atoms with Gasteiger partial charge < -0.3 is 4.57 Å². The molecular formula is C17H12ClNO2. The van der Waals surface area contributed by atoms with Crippen molar-refractivity contribution < 1.29 is 4.79 Å². The summed E-state index contributed by atoms with van der Waals surface area (Å²) in [6, 6.07) is 15.6. The molecule has 0 aliphatic rings. The first-order chi connectivity index (χ1) is 10.1. The number of hydrogen-bond donors (Lipinski definition) is 0. The van der Waals surface area contributed by atoms with Crippen molar-refractivity contribution >= 4 is 28.3 Å². The molecule has 0 aliphatic heterocycles. The van der Waals surface area contributed by atoms with Crippen LogP contribution in [0.25, 0.3) is 10.9 Å². The average Bonchev–Trinajstić information content (AvgIpc) is 2.50. The number of nitrogens with zero attached hydrogens (tertiary/aromatic N) is 1. The third kappa shape index (κ3) is 2.73. The van der Waals surface area contributed by atoms with Crippen molar-refractivity contribution in [2.75, 3.05) is 0 Å². The van der Waals surface area contributed by atoms with E-state index in [-0.39, 0.29) is 17.8 Å². The van der Waals surface area contributed by atoms with Crippen molar-refractivity contribution in [3.63, 3.8) is 0 Å². The number of fused-ring (bicyclic) bond motifs is 1. The molecule has 1 aromatic heterocycles. The van der Waals surface area contributed by atoms with Crippen LogP contribution in [0.5, 0.6) is 0 Å². The number of carbonyl (C=O) groups excluding carboxylic acids is 1. The second-order valence-electron chi connectivity index (χ2n) is 4.76. The van der Waals surface area contributed by atoms with Gasteiger partial charge in [0, 0.05) is 28.2 Å². The fourth-order valence-electron chi connectivity index (χ4n) is 2.31. The number of Topliss-reactive ketones (excluding diaryl/α,β-unsaturated/α-hetero) is 1. The minimum atomic E-state index is -0.0497. The molecule has 21 heavy (non-hydrogen) atoms. The van der Waals surface area contributed by atoms with Crippen LogP contribution < -0.4 is 5.43 Å². The molecule has 0 atom stereocenters. The predicted molar refractivity (Wildman–Crippen MR) is 84.0 cm³/mol. The zero-order valence-corrected chi connectivity index (χ0v) is 11.9. The number of ketones is 1. The van der Waals surface area contributed by atoms with E-state index in [1.54, 1.807) is 41.1 Å². The Labute approximate surface area is 126 Å². The number of pyridine rings is 1. The zero-order chi connectivity index (χ0) is 14.8. The van der Waals surface area contributed by atoms with Crippen LogP contribution in [0.4, 0.5) is 0 Å². The maximum atomic E-state index is 12.3. The number of benzene rings is 2. The summed E-state index contributed by atoms with van der Waals surface area (Å²) in [6.45, 7) is 0.168. The lowest BCUT2D eigenvalue weighted by atomic mass is 10.1. The largest absolute Gasteiger partial charge is 0.339 e. The summed E-state index contributed by atoms with van der Waals surface area (Å²) in [5.41, 5.74) is 1.27. The molecule has 0 unspecified atom stereocenters. The summed E-state index contributed by atoms with van der Waals surface area (Å²) in [5, 5.41) is 1.14. The van der Waals surface area contributed by atoms with Gasteiger partial charge in [0.1, 0.15) is 0 Å². The summed E-state index contributed by atoms with van der Waals surface area (Å²) in [5.74, 6) is -0.0497. The SMILES string of the molecule is O=C(Cn1ccc(=O)c2ccccc21)c1cccc(Cl)c1. The molecule has 3 aromatic rings. The highest BCUT2D eigenvalue weighted by Gasteiger charge is 2.09. The van der Waals surface area contributed by atoms with Gasteiger partial charge in [0.15, 0.2) is 11.2 Å². The third-order valence-electron chi connectivity index (χ3n) is 3.35. The van der Waals surface area contributed by atoms with Crippen molar-refractivity contribution in [3.8, 4) is 0 Å². The Morgan fingerprint density at radius 2 is 1.86 bits per heavy atom. The minimum absolute atomic E-state index is 0.0444. The molecule has 0 aliphatic carbocycles. The molecule has 4 heteroatoms. The monoisotopic (exact) mass is 297 g/mol. The van der Waals surface area contributed by atoms with Gasteiger partial charge in [0.05, 0.1) is 12.1 Å². The average molecular weight is 298 g/mol. The normalized spacial score (nSPS) is 10.7. The highest BCUT2D eigenvalue weighted by Crippen LogP contribution is 2.14. The van der Waals surface area contributed by atoms with Gasteiger partial charge in [0.25, 0.3) is 0 Å². The number of carbonyl (C=O) groups is 1. The Balaban J connectivity index is 2.01. The molecule has 0 radical (unpaired) electrons. The Hall–Kier alpha value is -2.39. The van der Waals surface area contributed by atoms with E-state index in [4.69, 9.17) is 11.6 Å². The van der Waals surface area contributed by atoms with Crippen LogP contribution in [0, 0.1) is 0 Å². The standard InChI is InChI=1S/C17H12ClNO2/c18-13-5-3-4-12(10-13)17(21)11-19-9-8-16(20)14-6-1-2-7-15(14)19/h1-10H,11H2. The van der Waals surface area contributed by atoms with Crippen LogP contribution in [-0.2, 0) is 6.54 Å². The van der Waals surface area contributed by atoms with Crippen LogP contribution in [0.1, 0.15) is 10.4 Å². The summed E-state index contributed by atoms with van der Waals surface area (Å²) in [4.78, 5) is 24.2. The topological polar surface area (TPSA) is 39.1 Å². The second-order valence-corrected chi connectivity index (χ2v) is 5.19. The van der Waals surface area contributed by atoms with Gasteiger partial charge >= 0.3 is 0 Å². The number of rotatable bonds is 3. The van der Waals surface area contributed by atoms with Crippen LogP contribution in [-0.4, -0.2) is 10.4 Å². The predicted octanol–water partition coefficient (Wildman–Crippen LogP) is 3.54. The Morgan fingerprint density at radius 3 is 2.67 bits per heavy atom. The smallest absolute Gasteiger partial charge is 0.189 e. The van der Waals surface area contributed by atoms with Gasteiger partial charge in [-0.3, -0.25) is 9.59 Å². The van der Waals surface area contributed by atoms with E-state index < -0.39 is 0 Å². The molecule has 1 heterocycles. The first-order valence-electron chi connectivity index (χ1n) is 6.52. The number of halogens is 1. The fraction of sp³-hybridized carbons (Fsp3) is 0.0588. The van der Waals surface area contributed by atoms with E-state index in [9.17, 15) is 9.59 Å². The third-order valence-corrected chi connectivity index (χ3v) is 3.58. The van der Waals surface area contributed by atoms with Crippen molar-refractivity contribution in [1.29, 1.82) is 0 Å². The highest BCUT2D eigenvalue weighted by molar-refractivity contribution is 6.31. The Bertz CT molecular complexity index is 883. The number of hydrogen-bond acceptors (Lipinski definition) is 2. The Morgan fingerprint density at radius 1 is 1.05 bits per heavy atom. The molecule has 0 fully saturated rings. The van der Waals surface area contributed by atoms with Crippen molar-refractivity contribution in [3.05, 3.63) is 81.6 Å². The van der Waals surface area contributed by atoms with Crippen molar-refractivity contribution in [2.24, 2.45) is 0 Å². The molecule has 3 rings (SSSR count). The van der Waals surface area contributed by atoms with Crippen molar-refractivity contribution in [1.82, 2.24) is 4.57 Å². The van der Waals surface area contributed by atoms with E-state index >= 15 is 0 Å². The lowest BCUT2D eigenvalue weighted by Crippen LogP contribution is -2.14. The fourth-order valence-corrected chi connectivity index (χ4v) is 2.50. The van der Waals surface area contributed by atoms with Crippen LogP contribution >= 0.6 is 11.6 Å². The van der Waals surface area contributed by atoms with Crippen LogP contribution in [0.2, 0.25) is 5.02 Å². The van der Waals surface area contributed by atoms with Crippen LogP contribution in [0.15, 0.2) is 65.6 Å². The van der Waals surface area contributed by atoms with Gasteiger partial charge in [-0.25, -0.2) is 0 Å². The molecule has 3 nitrogen and oxygen atoms in total. The highest BCUT2D eigenvalue weighted by atomic mass is 35.5. The minimum Gasteiger partial charge on any atom is -0.339 e. The molecule has 0 saturated heterocycles. The summed E-state index contributed by atoms with van der Waals surface area (Å²) >= 11 is 5.91. The van der Waals surface area contributed by atoms with Crippen molar-refractivity contribution in [2.45, 2.75) is 6.54 Å². The summed E-state index contributed by atoms with van der Waals surface area (Å²) < 4.78 is 1.78. The van der Waals surface area contributed by atoms with Gasteiger partial charge in [-0.1, -0.05) is 35.9 Å². The van der Waals surface area contributed by atoms with Gasteiger partial charge in [-0.2, -0.15) is 0 Å². The molecule has 0 amide bonds. The first kappa shape index (κ1) is 13.6. The van der Waals surface area contributed by atoms with Gasteiger partial charge in [-0.05, 0) is 24.3 Å². The van der Waals surface area contributed by atoms with E-state index in [0.717, 1.165) is 5.52 Å². The van der Waals surface area contributed by atoms with E-state index in [1.165, 1.54) is 6.07 Å². The van der Waals surface area contributed by atoms with E-state index in [2.05, 4.69) is 0 Å². The lowest BCUT2D eigenvalue weighted by Gasteiger charge is -2.10. The molecule has 2 aromatic carbocycles. The summed E-state index contributed by atoms with van der Waals surface area (Å²) in [6.07, 6.45) is 1.65. The number of aromatic nitrogens is 1. The maximum absolute atomic E-state index is 12.3. The molecule has 104 valence electrons. The Kier molecular flexibility index (Phi) is 3.59. The van der Waals surface area contributed by atoms with Crippen LogP contribution in [0.3, 0.4) is 0 Å². The van der Waals surface area contributed by atoms with Gasteiger partial charge in [0.2, 0.25) is 0 Å². The molecule has 0 saturated carbocycles. The molecule has 0 bridgehead atoms. The lowest BCUT2D eigenvalue weighted by molar-refractivity contribution is 0.0973. The maximum Gasteiger partial charge on any atom is 0.189 e. The first-order valence-corrected chi connectivity index (χ1v) is 6.90. The summed E-state index contributed by atoms with van der Waals surface area (Å²) in [7, 11) is 0. The molecular weight excluding hydrogens is 286 g/mol. The quantitative estimate of drug-likeness (QED) is 0.694. The van der Waals surface area contributed by atoms with E-state index in [0.29, 0.717) is 16.0 Å². The molecule has 0 N–H and O–H groups in total. The van der Waals surface area contributed by atoms with Gasteiger partial charge in [-0.15, -0.1) is 0 Å². The number of para-hydroxylation sites is 1. The van der Waals surface area contributed by atoms with E-state index in [1.807, 2.05) is 18.2 Å².